The van der Waals surface area contributed by atoms with E-state index in [9.17, 15) is 9.90 Å². The molecule has 0 atom stereocenters. The third-order valence-corrected chi connectivity index (χ3v) is 1.61. The zero-order valence-electron chi connectivity index (χ0n) is 7.14. The Hall–Kier alpha value is -0.690. The van der Waals surface area contributed by atoms with Crippen molar-refractivity contribution in [3.05, 3.63) is 23.1 Å². The molecule has 0 spiro atoms. The third-order valence-electron chi connectivity index (χ3n) is 1.41. The molecule has 0 saturated heterocycles. The van der Waals surface area contributed by atoms with Gasteiger partial charge in [-0.15, -0.1) is 10.2 Å². The van der Waals surface area contributed by atoms with Gasteiger partial charge in [-0.1, -0.05) is 11.6 Å². The molecule has 6 nitrogen and oxygen atoms in total. The fourth-order valence-electron chi connectivity index (χ4n) is 0.894. The second-order valence-electron chi connectivity index (χ2n) is 2.24. The molecule has 0 fully saturated rings. The number of hydrogen-bond acceptors (Lipinski definition) is 5. The number of rotatable bonds is 1. The number of nitrogens with zero attached hydrogens (tertiary/aromatic N) is 4. The number of fused-ring (bicyclic) bond motifs is 1. The molecule has 0 aliphatic heterocycles. The maximum absolute atomic E-state index is 10.5. The Balaban J connectivity index is 0.000000980. The van der Waals surface area contributed by atoms with Crippen LogP contribution in [0.1, 0.15) is 10.6 Å². The third kappa shape index (κ3) is 1.88. The van der Waals surface area contributed by atoms with E-state index in [2.05, 4.69) is 15.3 Å². The van der Waals surface area contributed by atoms with Crippen LogP contribution >= 0.6 is 11.6 Å². The van der Waals surface area contributed by atoms with Crippen LogP contribution in [0.15, 0.2) is 12.1 Å². The van der Waals surface area contributed by atoms with E-state index in [-0.39, 0.29) is 40.5 Å². The van der Waals surface area contributed by atoms with E-state index in [1.807, 2.05) is 0 Å². The second kappa shape index (κ2) is 4.22. The Kier molecular flexibility index (Phi) is 3.43. The number of carboxylic acids is 1. The van der Waals surface area contributed by atoms with E-state index in [1.165, 1.54) is 12.1 Å². The second-order valence-corrected chi connectivity index (χ2v) is 2.62. The smallest absolute Gasteiger partial charge is 0.541 e. The molecule has 0 N–H and O–H groups in total. The first-order valence-electron chi connectivity index (χ1n) is 3.28. The average molecular weight is 221 g/mol. The molecule has 2 aromatic rings. The molecule has 2 aromatic heterocycles. The van der Waals surface area contributed by atoms with Gasteiger partial charge in [-0.05, 0) is 12.1 Å². The SMILES string of the molecule is O=C([O-])c1nnc2ccc(Cl)nn12.[Na+]. The molecule has 0 saturated carbocycles. The van der Waals surface area contributed by atoms with Crippen LogP contribution in [-0.4, -0.2) is 25.8 Å². The predicted molar refractivity (Wildman–Crippen MR) is 40.1 cm³/mol. The van der Waals surface area contributed by atoms with E-state index < -0.39 is 5.97 Å². The van der Waals surface area contributed by atoms with Gasteiger partial charge >= 0.3 is 29.6 Å². The van der Waals surface area contributed by atoms with Gasteiger partial charge in [0.05, 0.1) is 0 Å². The van der Waals surface area contributed by atoms with Crippen molar-refractivity contribution in [2.75, 3.05) is 0 Å². The molecule has 0 aliphatic rings. The van der Waals surface area contributed by atoms with Crippen LogP contribution in [0.3, 0.4) is 0 Å². The van der Waals surface area contributed by atoms with Gasteiger partial charge in [0, 0.05) is 0 Å². The number of halogens is 1. The molecular formula is C6H2ClN4NaO2. The van der Waals surface area contributed by atoms with E-state index >= 15 is 0 Å². The van der Waals surface area contributed by atoms with Gasteiger partial charge in [-0.25, -0.2) is 0 Å². The zero-order chi connectivity index (χ0) is 9.42. The van der Waals surface area contributed by atoms with Crippen LogP contribution < -0.4 is 34.7 Å². The van der Waals surface area contributed by atoms with Gasteiger partial charge < -0.3 is 9.90 Å². The van der Waals surface area contributed by atoms with Crippen LogP contribution in [-0.2, 0) is 0 Å². The topological polar surface area (TPSA) is 83.2 Å². The van der Waals surface area contributed by atoms with E-state index in [0.717, 1.165) is 4.52 Å². The molecular weight excluding hydrogens is 219 g/mol. The minimum atomic E-state index is -1.44. The van der Waals surface area contributed by atoms with Gasteiger partial charge in [0.1, 0.15) is 11.1 Å². The van der Waals surface area contributed by atoms with E-state index in [4.69, 9.17) is 11.6 Å². The number of carbonyl (C=O) groups excluding carboxylic acids is 1. The van der Waals surface area contributed by atoms with E-state index in [0.29, 0.717) is 5.65 Å². The number of aromatic nitrogens is 4. The molecule has 66 valence electrons. The van der Waals surface area contributed by atoms with Crippen LogP contribution in [0.5, 0.6) is 0 Å². The van der Waals surface area contributed by atoms with Crippen LogP contribution in [0.25, 0.3) is 5.65 Å². The molecule has 2 rings (SSSR count). The number of aromatic carboxylic acids is 1. The molecule has 0 unspecified atom stereocenters. The maximum Gasteiger partial charge on any atom is 1.00 e. The fourth-order valence-corrected chi connectivity index (χ4v) is 1.03. The molecule has 0 aliphatic carbocycles. The summed E-state index contributed by atoms with van der Waals surface area (Å²) in [5.41, 5.74) is 0.309. The Bertz CT molecular complexity index is 486. The van der Waals surface area contributed by atoms with Crippen molar-refractivity contribution < 1.29 is 39.5 Å². The van der Waals surface area contributed by atoms with Crippen LogP contribution in [0, 0.1) is 0 Å². The summed E-state index contributed by atoms with van der Waals surface area (Å²) in [5, 5.41) is 21.2. The summed E-state index contributed by atoms with van der Waals surface area (Å²) in [5.74, 6) is -1.81. The van der Waals surface area contributed by atoms with Crippen molar-refractivity contribution in [3.8, 4) is 0 Å². The molecule has 0 aromatic carbocycles. The van der Waals surface area contributed by atoms with Crippen molar-refractivity contribution >= 4 is 23.2 Å². The monoisotopic (exact) mass is 220 g/mol. The minimum absolute atomic E-state index is 0. The largest absolute Gasteiger partial charge is 1.00 e. The van der Waals surface area contributed by atoms with Gasteiger partial charge in [0.25, 0.3) is 0 Å². The van der Waals surface area contributed by atoms with Crippen molar-refractivity contribution in [1.82, 2.24) is 19.8 Å². The van der Waals surface area contributed by atoms with Gasteiger partial charge in [-0.2, -0.15) is 9.61 Å². The molecule has 2 heterocycles. The molecule has 8 heteroatoms. The Morgan fingerprint density at radius 3 is 2.79 bits per heavy atom. The van der Waals surface area contributed by atoms with Crippen LogP contribution in [0.2, 0.25) is 5.15 Å². The zero-order valence-corrected chi connectivity index (χ0v) is 9.89. The summed E-state index contributed by atoms with van der Waals surface area (Å²) in [4.78, 5) is 10.5. The molecule has 0 amide bonds. The standard InChI is InChI=1S/C6H3ClN4O2.Na/c7-3-1-2-4-8-9-5(6(12)13)11(4)10-3;/h1-2H,(H,12,13);/q;+1/p-1. The van der Waals surface area contributed by atoms with Gasteiger partial charge in [0.2, 0.25) is 5.82 Å². The number of carbonyl (C=O) groups is 1. The Morgan fingerprint density at radius 1 is 1.43 bits per heavy atom. The first-order chi connectivity index (χ1) is 6.18. The summed E-state index contributed by atoms with van der Waals surface area (Å²) in [6.07, 6.45) is 0. The quantitative estimate of drug-likeness (QED) is 0.460. The van der Waals surface area contributed by atoms with Gasteiger partial charge in [-0.3, -0.25) is 0 Å². The summed E-state index contributed by atoms with van der Waals surface area (Å²) in [6, 6.07) is 3.00. The fraction of sp³-hybridized carbons (Fsp3) is 0. The summed E-state index contributed by atoms with van der Waals surface area (Å²) >= 11 is 5.55. The maximum atomic E-state index is 10.5. The summed E-state index contributed by atoms with van der Waals surface area (Å²) in [6.45, 7) is 0. The van der Waals surface area contributed by atoms with Crippen molar-refractivity contribution in [1.29, 1.82) is 0 Å². The van der Waals surface area contributed by atoms with Crippen molar-refractivity contribution in [2.45, 2.75) is 0 Å². The molecule has 14 heavy (non-hydrogen) atoms. The van der Waals surface area contributed by atoms with Crippen molar-refractivity contribution in [2.24, 2.45) is 0 Å². The Morgan fingerprint density at radius 2 is 2.14 bits per heavy atom. The first kappa shape index (κ1) is 11.4. The van der Waals surface area contributed by atoms with E-state index in [1.54, 1.807) is 0 Å². The van der Waals surface area contributed by atoms with Crippen molar-refractivity contribution in [3.63, 3.8) is 0 Å². The summed E-state index contributed by atoms with van der Waals surface area (Å²) < 4.78 is 1.01. The Labute approximate surface area is 105 Å². The van der Waals surface area contributed by atoms with Crippen LogP contribution in [0.4, 0.5) is 0 Å². The predicted octanol–water partition coefficient (Wildman–Crippen LogP) is -3.85. The number of hydrogen-bond donors (Lipinski definition) is 0. The first-order valence-corrected chi connectivity index (χ1v) is 3.65. The minimum Gasteiger partial charge on any atom is -0.541 e. The van der Waals surface area contributed by atoms with Gasteiger partial charge in [0.15, 0.2) is 5.65 Å². The molecule has 0 radical (unpaired) electrons. The summed E-state index contributed by atoms with van der Waals surface area (Å²) in [7, 11) is 0. The molecule has 0 bridgehead atoms. The average Bonchev–Trinajstić information content (AvgIpc) is 2.46. The number of carboxylic acid groups (broad SMARTS) is 1. The normalized spacial score (nSPS) is 9.79.